The lowest BCUT2D eigenvalue weighted by atomic mass is 9.71. The van der Waals surface area contributed by atoms with E-state index in [0.29, 0.717) is 5.92 Å². The Labute approximate surface area is 87.9 Å². The van der Waals surface area contributed by atoms with Gasteiger partial charge in [0.25, 0.3) is 0 Å². The van der Waals surface area contributed by atoms with Crippen molar-refractivity contribution in [2.45, 2.75) is 58.5 Å². The van der Waals surface area contributed by atoms with Gasteiger partial charge in [-0.1, -0.05) is 13.8 Å². The van der Waals surface area contributed by atoms with E-state index in [4.69, 9.17) is 0 Å². The van der Waals surface area contributed by atoms with E-state index in [0.717, 1.165) is 38.0 Å². The van der Waals surface area contributed by atoms with E-state index in [-0.39, 0.29) is 0 Å². The highest BCUT2D eigenvalue weighted by molar-refractivity contribution is 4.98. The minimum Gasteiger partial charge on any atom is -0.390 e. The Morgan fingerprint density at radius 3 is 2.64 bits per heavy atom. The van der Waals surface area contributed by atoms with Gasteiger partial charge in [0, 0.05) is 6.42 Å². The van der Waals surface area contributed by atoms with Gasteiger partial charge in [0.1, 0.15) is 0 Å². The van der Waals surface area contributed by atoms with Gasteiger partial charge < -0.3 is 5.11 Å². The largest absolute Gasteiger partial charge is 0.390 e. The Morgan fingerprint density at radius 1 is 1.36 bits per heavy atom. The van der Waals surface area contributed by atoms with Crippen LogP contribution in [0.1, 0.15) is 52.9 Å². The average molecular weight is 194 g/mol. The van der Waals surface area contributed by atoms with Crippen LogP contribution in [0.2, 0.25) is 0 Å². The van der Waals surface area contributed by atoms with Crippen molar-refractivity contribution in [3.05, 3.63) is 0 Å². The third kappa shape index (κ3) is 3.03. The van der Waals surface area contributed by atoms with Gasteiger partial charge in [-0.25, -0.2) is 0 Å². The summed E-state index contributed by atoms with van der Waals surface area (Å²) in [5.74, 6) is 7.35. The summed E-state index contributed by atoms with van der Waals surface area (Å²) in [6.45, 7) is 6.39. The van der Waals surface area contributed by atoms with Crippen LogP contribution in [0, 0.1) is 23.7 Å². The molecule has 1 aliphatic rings. The molecule has 14 heavy (non-hydrogen) atoms. The molecule has 1 rings (SSSR count). The molecule has 0 saturated heterocycles. The molecule has 1 saturated carbocycles. The fourth-order valence-electron chi connectivity index (χ4n) is 2.33. The van der Waals surface area contributed by atoms with Gasteiger partial charge in [-0.2, -0.15) is 0 Å². The molecule has 80 valence electrons. The SMILES string of the molecule is CC#CCCC1(O)CCC(C)C(C)C1. The second-order valence-electron chi connectivity index (χ2n) is 4.85. The minimum absolute atomic E-state index is 0.421. The molecule has 0 heterocycles. The van der Waals surface area contributed by atoms with Crippen LogP contribution in [0.3, 0.4) is 0 Å². The lowest BCUT2D eigenvalue weighted by molar-refractivity contribution is -0.0338. The van der Waals surface area contributed by atoms with Gasteiger partial charge in [-0.05, 0) is 44.4 Å². The summed E-state index contributed by atoms with van der Waals surface area (Å²) >= 11 is 0. The van der Waals surface area contributed by atoms with Crippen molar-refractivity contribution in [3.8, 4) is 11.8 Å². The average Bonchev–Trinajstić information content (AvgIpc) is 2.13. The summed E-state index contributed by atoms with van der Waals surface area (Å²) in [7, 11) is 0. The van der Waals surface area contributed by atoms with Gasteiger partial charge in [-0.15, -0.1) is 11.8 Å². The second kappa shape index (κ2) is 4.84. The summed E-state index contributed by atoms with van der Waals surface area (Å²) in [4.78, 5) is 0. The first-order chi connectivity index (χ1) is 6.57. The molecule has 0 aliphatic heterocycles. The summed E-state index contributed by atoms with van der Waals surface area (Å²) in [6, 6.07) is 0. The number of hydrogen-bond acceptors (Lipinski definition) is 1. The molecule has 1 fully saturated rings. The van der Waals surface area contributed by atoms with Crippen LogP contribution in [0.4, 0.5) is 0 Å². The number of aliphatic hydroxyl groups is 1. The molecule has 0 amide bonds. The molecule has 1 nitrogen and oxygen atoms in total. The van der Waals surface area contributed by atoms with Crippen molar-refractivity contribution in [1.29, 1.82) is 0 Å². The monoisotopic (exact) mass is 194 g/mol. The van der Waals surface area contributed by atoms with Crippen molar-refractivity contribution in [1.82, 2.24) is 0 Å². The first-order valence-electron chi connectivity index (χ1n) is 5.69. The fourth-order valence-corrected chi connectivity index (χ4v) is 2.33. The molecule has 3 unspecified atom stereocenters. The Hall–Kier alpha value is -0.480. The van der Waals surface area contributed by atoms with Gasteiger partial charge >= 0.3 is 0 Å². The molecule has 1 heteroatoms. The molecule has 0 spiro atoms. The molecule has 0 aromatic heterocycles. The van der Waals surface area contributed by atoms with Gasteiger partial charge in [-0.3, -0.25) is 0 Å². The van der Waals surface area contributed by atoms with Crippen LogP contribution < -0.4 is 0 Å². The smallest absolute Gasteiger partial charge is 0.0659 e. The number of hydrogen-bond donors (Lipinski definition) is 1. The van der Waals surface area contributed by atoms with Gasteiger partial charge in [0.05, 0.1) is 5.60 Å². The van der Waals surface area contributed by atoms with Crippen molar-refractivity contribution in [3.63, 3.8) is 0 Å². The van der Waals surface area contributed by atoms with Crippen LogP contribution in [0.15, 0.2) is 0 Å². The number of rotatable bonds is 2. The quantitative estimate of drug-likeness (QED) is 0.670. The highest BCUT2D eigenvalue weighted by atomic mass is 16.3. The summed E-state index contributed by atoms with van der Waals surface area (Å²) in [6.07, 6.45) is 4.78. The molecule has 0 aromatic rings. The van der Waals surface area contributed by atoms with Crippen molar-refractivity contribution in [2.75, 3.05) is 0 Å². The van der Waals surface area contributed by atoms with E-state index in [9.17, 15) is 5.11 Å². The molecular weight excluding hydrogens is 172 g/mol. The first-order valence-corrected chi connectivity index (χ1v) is 5.69. The molecule has 1 N–H and O–H groups in total. The lowest BCUT2D eigenvalue weighted by Gasteiger charge is -2.38. The third-order valence-corrected chi connectivity index (χ3v) is 3.63. The molecule has 0 radical (unpaired) electrons. The van der Waals surface area contributed by atoms with Crippen LogP contribution in [0.25, 0.3) is 0 Å². The summed E-state index contributed by atoms with van der Waals surface area (Å²) in [5.41, 5.74) is -0.421. The van der Waals surface area contributed by atoms with E-state index in [2.05, 4.69) is 25.7 Å². The fraction of sp³-hybridized carbons (Fsp3) is 0.846. The van der Waals surface area contributed by atoms with Crippen LogP contribution in [0.5, 0.6) is 0 Å². The van der Waals surface area contributed by atoms with Crippen LogP contribution in [-0.4, -0.2) is 10.7 Å². The minimum atomic E-state index is -0.421. The Morgan fingerprint density at radius 2 is 2.07 bits per heavy atom. The maximum absolute atomic E-state index is 10.3. The maximum Gasteiger partial charge on any atom is 0.0659 e. The predicted octanol–water partition coefficient (Wildman–Crippen LogP) is 2.98. The lowest BCUT2D eigenvalue weighted by Crippen LogP contribution is -2.37. The highest BCUT2D eigenvalue weighted by Crippen LogP contribution is 2.38. The zero-order valence-electron chi connectivity index (χ0n) is 9.64. The molecule has 0 aromatic carbocycles. The molecule has 3 atom stereocenters. The normalized spacial score (nSPS) is 37.4. The molecular formula is C13H22O. The third-order valence-electron chi connectivity index (χ3n) is 3.63. The zero-order valence-corrected chi connectivity index (χ0v) is 9.64. The Bertz CT molecular complexity index is 235. The van der Waals surface area contributed by atoms with Gasteiger partial charge in [0.2, 0.25) is 0 Å². The maximum atomic E-state index is 10.3. The van der Waals surface area contributed by atoms with E-state index in [1.54, 1.807) is 0 Å². The molecule has 0 bridgehead atoms. The predicted molar refractivity (Wildman–Crippen MR) is 59.8 cm³/mol. The summed E-state index contributed by atoms with van der Waals surface area (Å²) in [5, 5.41) is 10.3. The highest BCUT2D eigenvalue weighted by Gasteiger charge is 2.34. The van der Waals surface area contributed by atoms with Crippen molar-refractivity contribution in [2.24, 2.45) is 11.8 Å². The molecule has 1 aliphatic carbocycles. The topological polar surface area (TPSA) is 20.2 Å². The van der Waals surface area contributed by atoms with Crippen LogP contribution in [-0.2, 0) is 0 Å². The Balaban J connectivity index is 2.44. The van der Waals surface area contributed by atoms with Crippen molar-refractivity contribution >= 4 is 0 Å². The van der Waals surface area contributed by atoms with E-state index in [1.165, 1.54) is 0 Å². The van der Waals surface area contributed by atoms with E-state index < -0.39 is 5.60 Å². The zero-order chi connectivity index (χ0) is 10.6. The standard InChI is InChI=1S/C13H22O/c1-4-5-6-8-13(14)9-7-11(2)12(3)10-13/h11-12,14H,6-10H2,1-3H3. The van der Waals surface area contributed by atoms with Crippen LogP contribution >= 0.6 is 0 Å². The second-order valence-corrected chi connectivity index (χ2v) is 4.85. The first kappa shape index (κ1) is 11.6. The Kier molecular flexibility index (Phi) is 4.01. The van der Waals surface area contributed by atoms with E-state index in [1.807, 2.05) is 6.92 Å². The van der Waals surface area contributed by atoms with Gasteiger partial charge in [0.15, 0.2) is 0 Å². The van der Waals surface area contributed by atoms with E-state index >= 15 is 0 Å². The van der Waals surface area contributed by atoms with Crippen molar-refractivity contribution < 1.29 is 5.11 Å². The summed E-state index contributed by atoms with van der Waals surface area (Å²) < 4.78 is 0.